The SMILES string of the molecule is CCC1CCCCN1C(=O)c1cn(-c2ccc(Cl)cc2)c(=O)c2ccccc12. The van der Waals surface area contributed by atoms with Crippen molar-refractivity contribution in [2.75, 3.05) is 6.54 Å². The average molecular weight is 395 g/mol. The van der Waals surface area contributed by atoms with Gasteiger partial charge in [0.05, 0.1) is 5.56 Å². The molecule has 144 valence electrons. The number of fused-ring (bicyclic) bond motifs is 1. The number of hydrogen-bond donors (Lipinski definition) is 0. The summed E-state index contributed by atoms with van der Waals surface area (Å²) in [5, 5.41) is 1.87. The van der Waals surface area contributed by atoms with Crippen molar-refractivity contribution in [1.82, 2.24) is 9.47 Å². The van der Waals surface area contributed by atoms with Gasteiger partial charge in [-0.15, -0.1) is 0 Å². The van der Waals surface area contributed by atoms with Gasteiger partial charge in [0.15, 0.2) is 0 Å². The molecule has 1 fully saturated rings. The number of nitrogens with zero attached hydrogens (tertiary/aromatic N) is 2. The second-order valence-corrected chi connectivity index (χ2v) is 7.73. The van der Waals surface area contributed by atoms with Crippen molar-refractivity contribution >= 4 is 28.3 Å². The predicted molar refractivity (Wildman–Crippen MR) is 114 cm³/mol. The summed E-state index contributed by atoms with van der Waals surface area (Å²) in [5.74, 6) is 0.00506. The first-order chi connectivity index (χ1) is 13.6. The molecule has 1 atom stereocenters. The molecule has 0 spiro atoms. The van der Waals surface area contributed by atoms with Crippen LogP contribution in [0, 0.1) is 0 Å². The summed E-state index contributed by atoms with van der Waals surface area (Å²) in [5.41, 5.74) is 1.13. The second kappa shape index (κ2) is 7.80. The highest BCUT2D eigenvalue weighted by Crippen LogP contribution is 2.25. The van der Waals surface area contributed by atoms with Crippen molar-refractivity contribution in [2.45, 2.75) is 38.6 Å². The van der Waals surface area contributed by atoms with E-state index in [-0.39, 0.29) is 17.5 Å². The van der Waals surface area contributed by atoms with E-state index in [1.807, 2.05) is 23.1 Å². The van der Waals surface area contributed by atoms with Gasteiger partial charge in [-0.1, -0.05) is 36.7 Å². The largest absolute Gasteiger partial charge is 0.336 e. The van der Waals surface area contributed by atoms with Gasteiger partial charge in [0.25, 0.3) is 11.5 Å². The van der Waals surface area contributed by atoms with Crippen LogP contribution in [0.3, 0.4) is 0 Å². The maximum atomic E-state index is 13.5. The predicted octanol–water partition coefficient (Wildman–Crippen LogP) is 5.05. The third-order valence-electron chi connectivity index (χ3n) is 5.62. The zero-order valence-corrected chi connectivity index (χ0v) is 16.7. The molecule has 3 aromatic rings. The zero-order chi connectivity index (χ0) is 19.7. The number of amides is 1. The van der Waals surface area contributed by atoms with E-state index < -0.39 is 0 Å². The van der Waals surface area contributed by atoms with E-state index in [1.54, 1.807) is 41.1 Å². The number of likely N-dealkylation sites (tertiary alicyclic amines) is 1. The van der Waals surface area contributed by atoms with Crippen molar-refractivity contribution < 1.29 is 4.79 Å². The molecule has 4 nitrogen and oxygen atoms in total. The molecule has 4 rings (SSSR count). The molecule has 1 aromatic heterocycles. The van der Waals surface area contributed by atoms with Crippen LogP contribution in [-0.4, -0.2) is 28.0 Å². The van der Waals surface area contributed by atoms with Gasteiger partial charge in [0.2, 0.25) is 0 Å². The number of hydrogen-bond acceptors (Lipinski definition) is 2. The van der Waals surface area contributed by atoms with Gasteiger partial charge in [0.1, 0.15) is 0 Å². The van der Waals surface area contributed by atoms with Crippen LogP contribution in [0.15, 0.2) is 59.5 Å². The Kier molecular flexibility index (Phi) is 5.23. The third kappa shape index (κ3) is 3.33. The fourth-order valence-electron chi connectivity index (χ4n) is 4.10. The lowest BCUT2D eigenvalue weighted by molar-refractivity contribution is 0.0609. The van der Waals surface area contributed by atoms with Crippen molar-refractivity contribution in [2.24, 2.45) is 0 Å². The monoisotopic (exact) mass is 394 g/mol. The normalized spacial score (nSPS) is 17.1. The van der Waals surface area contributed by atoms with Crippen LogP contribution in [0.4, 0.5) is 0 Å². The van der Waals surface area contributed by atoms with E-state index in [4.69, 9.17) is 11.6 Å². The number of halogens is 1. The summed E-state index contributed by atoms with van der Waals surface area (Å²) in [6.07, 6.45) is 5.86. The van der Waals surface area contributed by atoms with Crippen molar-refractivity contribution in [3.05, 3.63) is 75.7 Å². The minimum atomic E-state index is -0.139. The first-order valence-corrected chi connectivity index (χ1v) is 10.2. The number of piperidine rings is 1. The topological polar surface area (TPSA) is 42.3 Å². The summed E-state index contributed by atoms with van der Waals surface area (Å²) in [7, 11) is 0. The molecule has 2 heterocycles. The van der Waals surface area contributed by atoms with Crippen LogP contribution in [0.1, 0.15) is 43.0 Å². The van der Waals surface area contributed by atoms with E-state index in [9.17, 15) is 9.59 Å². The van der Waals surface area contributed by atoms with E-state index in [0.29, 0.717) is 27.0 Å². The van der Waals surface area contributed by atoms with Crippen LogP contribution in [0.5, 0.6) is 0 Å². The molecule has 0 bridgehead atoms. The molecule has 5 heteroatoms. The van der Waals surface area contributed by atoms with Crippen molar-refractivity contribution in [3.63, 3.8) is 0 Å². The van der Waals surface area contributed by atoms with E-state index in [0.717, 1.165) is 32.2 Å². The number of carbonyl (C=O) groups is 1. The molecule has 2 aromatic carbocycles. The molecule has 1 aliphatic heterocycles. The van der Waals surface area contributed by atoms with Crippen LogP contribution < -0.4 is 5.56 Å². The lowest BCUT2D eigenvalue weighted by atomic mass is 9.98. The Bertz CT molecular complexity index is 1070. The number of benzene rings is 2. The molecule has 0 aliphatic carbocycles. The van der Waals surface area contributed by atoms with Gasteiger partial charge in [-0.3, -0.25) is 14.2 Å². The zero-order valence-electron chi connectivity index (χ0n) is 15.9. The average Bonchev–Trinajstić information content (AvgIpc) is 2.74. The maximum Gasteiger partial charge on any atom is 0.262 e. The Labute approximate surface area is 169 Å². The highest BCUT2D eigenvalue weighted by atomic mass is 35.5. The Morgan fingerprint density at radius 3 is 2.50 bits per heavy atom. The van der Waals surface area contributed by atoms with Crippen LogP contribution in [-0.2, 0) is 0 Å². The first-order valence-electron chi connectivity index (χ1n) is 9.81. The maximum absolute atomic E-state index is 13.5. The Balaban J connectivity index is 1.90. The van der Waals surface area contributed by atoms with Gasteiger partial charge in [-0.25, -0.2) is 0 Å². The minimum absolute atomic E-state index is 0.00506. The van der Waals surface area contributed by atoms with Crippen LogP contribution in [0.25, 0.3) is 16.5 Å². The van der Waals surface area contributed by atoms with E-state index in [1.165, 1.54) is 0 Å². The molecular formula is C23H23ClN2O2. The smallest absolute Gasteiger partial charge is 0.262 e. The number of aromatic nitrogens is 1. The molecule has 0 saturated carbocycles. The highest BCUT2D eigenvalue weighted by Gasteiger charge is 2.28. The van der Waals surface area contributed by atoms with Crippen molar-refractivity contribution in [1.29, 1.82) is 0 Å². The summed E-state index contributed by atoms with van der Waals surface area (Å²) in [6.45, 7) is 2.90. The second-order valence-electron chi connectivity index (χ2n) is 7.30. The quantitative estimate of drug-likeness (QED) is 0.623. The van der Waals surface area contributed by atoms with E-state index >= 15 is 0 Å². The number of rotatable bonds is 3. The molecule has 1 aliphatic rings. The molecular weight excluding hydrogens is 372 g/mol. The molecule has 1 amide bonds. The lowest BCUT2D eigenvalue weighted by Gasteiger charge is -2.35. The van der Waals surface area contributed by atoms with Gasteiger partial charge in [-0.2, -0.15) is 0 Å². The lowest BCUT2D eigenvalue weighted by Crippen LogP contribution is -2.43. The highest BCUT2D eigenvalue weighted by molar-refractivity contribution is 6.30. The Hall–Kier alpha value is -2.59. The van der Waals surface area contributed by atoms with Gasteiger partial charge in [0, 0.05) is 40.3 Å². The minimum Gasteiger partial charge on any atom is -0.336 e. The Morgan fingerprint density at radius 2 is 1.79 bits per heavy atom. The molecule has 0 radical (unpaired) electrons. The standard InChI is InChI=1S/C23H23ClN2O2/c1-2-17-7-5-6-14-25(17)23(28)21-15-26(18-12-10-16(24)11-13-18)22(27)20-9-4-3-8-19(20)21/h3-4,8-13,15,17H,2,5-7,14H2,1H3. The van der Waals surface area contributed by atoms with Crippen LogP contribution in [0.2, 0.25) is 5.02 Å². The number of carbonyl (C=O) groups excluding carboxylic acids is 1. The van der Waals surface area contributed by atoms with Gasteiger partial charge < -0.3 is 4.90 Å². The summed E-state index contributed by atoms with van der Waals surface area (Å²) in [4.78, 5) is 28.6. The van der Waals surface area contributed by atoms with Gasteiger partial charge >= 0.3 is 0 Å². The fourth-order valence-corrected chi connectivity index (χ4v) is 4.23. The first kappa shape index (κ1) is 18.8. The number of pyridine rings is 1. The summed E-state index contributed by atoms with van der Waals surface area (Å²) in [6, 6.07) is 14.7. The summed E-state index contributed by atoms with van der Waals surface area (Å²) >= 11 is 6.00. The Morgan fingerprint density at radius 1 is 1.07 bits per heavy atom. The third-order valence-corrected chi connectivity index (χ3v) is 5.87. The summed E-state index contributed by atoms with van der Waals surface area (Å²) < 4.78 is 1.55. The van der Waals surface area contributed by atoms with Crippen LogP contribution >= 0.6 is 11.6 Å². The molecule has 1 saturated heterocycles. The molecule has 1 unspecified atom stereocenters. The van der Waals surface area contributed by atoms with Gasteiger partial charge in [-0.05, 0) is 56.0 Å². The van der Waals surface area contributed by atoms with Crippen molar-refractivity contribution in [3.8, 4) is 5.69 Å². The van der Waals surface area contributed by atoms with E-state index in [2.05, 4.69) is 6.92 Å². The fraction of sp³-hybridized carbons (Fsp3) is 0.304. The molecule has 0 N–H and O–H groups in total. The molecule has 28 heavy (non-hydrogen) atoms.